The largest absolute Gasteiger partial charge is 0.459 e. The zero-order chi connectivity index (χ0) is 27.7. The number of hydrogen-bond acceptors (Lipinski definition) is 8. The molecule has 2 aromatic carbocycles. The summed E-state index contributed by atoms with van der Waals surface area (Å²) in [6.45, 7) is 7.10. The number of benzene rings is 2. The monoisotopic (exact) mass is 557 g/mol. The number of nitrogens with zero attached hydrogens (tertiary/aromatic N) is 3. The first-order valence-electron chi connectivity index (χ1n) is 11.7. The van der Waals surface area contributed by atoms with Crippen molar-refractivity contribution in [3.8, 4) is 0 Å². The second-order valence-corrected chi connectivity index (χ2v) is 9.65. The number of ether oxygens (including phenoxy) is 1. The van der Waals surface area contributed by atoms with E-state index in [4.69, 9.17) is 16.3 Å². The third-order valence-electron chi connectivity index (χ3n) is 5.03. The van der Waals surface area contributed by atoms with Crippen molar-refractivity contribution in [2.45, 2.75) is 37.7 Å². The summed E-state index contributed by atoms with van der Waals surface area (Å²) in [5.41, 5.74) is 1.04. The Balaban J connectivity index is 1.68. The molecule has 0 aliphatic carbocycles. The van der Waals surface area contributed by atoms with Crippen LogP contribution in [0.4, 0.5) is 5.69 Å². The van der Waals surface area contributed by atoms with Gasteiger partial charge in [-0.25, -0.2) is 4.79 Å². The molecule has 200 valence electrons. The molecule has 0 bridgehead atoms. The van der Waals surface area contributed by atoms with Crippen LogP contribution in [0.2, 0.25) is 5.02 Å². The maximum absolute atomic E-state index is 12.7. The van der Waals surface area contributed by atoms with Crippen LogP contribution in [0.3, 0.4) is 0 Å². The van der Waals surface area contributed by atoms with Crippen LogP contribution in [-0.4, -0.2) is 56.1 Å². The van der Waals surface area contributed by atoms with Gasteiger partial charge in [0.25, 0.3) is 5.91 Å². The molecule has 10 nitrogen and oxygen atoms in total. The molecule has 0 unspecified atom stereocenters. The molecule has 0 radical (unpaired) electrons. The number of aliphatic hydroxyl groups is 1. The summed E-state index contributed by atoms with van der Waals surface area (Å²) in [5.74, 6) is -0.991. The Labute approximate surface area is 229 Å². The van der Waals surface area contributed by atoms with Gasteiger partial charge >= 0.3 is 5.97 Å². The minimum Gasteiger partial charge on any atom is -0.459 e. The summed E-state index contributed by atoms with van der Waals surface area (Å²) in [5, 5.41) is 24.4. The van der Waals surface area contributed by atoms with Gasteiger partial charge in [-0.3, -0.25) is 9.59 Å². The number of carbonyl (C=O) groups is 3. The molecule has 2 amide bonds. The van der Waals surface area contributed by atoms with Crippen molar-refractivity contribution in [2.24, 2.45) is 0 Å². The highest BCUT2D eigenvalue weighted by Crippen LogP contribution is 2.23. The van der Waals surface area contributed by atoms with Crippen LogP contribution in [0.15, 0.2) is 66.3 Å². The van der Waals surface area contributed by atoms with Gasteiger partial charge in [0.2, 0.25) is 5.91 Å². The molecule has 1 heterocycles. The quantitative estimate of drug-likeness (QED) is 0.173. The summed E-state index contributed by atoms with van der Waals surface area (Å²) in [7, 11) is 0. The van der Waals surface area contributed by atoms with E-state index in [1.807, 2.05) is 0 Å². The van der Waals surface area contributed by atoms with Gasteiger partial charge in [-0.15, -0.1) is 16.8 Å². The number of hydrogen-bond donors (Lipinski definition) is 3. The first-order chi connectivity index (χ1) is 18.2. The zero-order valence-electron chi connectivity index (χ0n) is 20.9. The molecule has 0 aliphatic heterocycles. The van der Waals surface area contributed by atoms with Gasteiger partial charge in [0.05, 0.1) is 34.6 Å². The van der Waals surface area contributed by atoms with Crippen molar-refractivity contribution >= 4 is 46.8 Å². The smallest absolute Gasteiger partial charge is 0.338 e. The van der Waals surface area contributed by atoms with Crippen LogP contribution in [0.25, 0.3) is 0 Å². The molecule has 0 fully saturated rings. The van der Waals surface area contributed by atoms with E-state index in [9.17, 15) is 19.5 Å². The lowest BCUT2D eigenvalue weighted by Gasteiger charge is -2.17. The molecule has 12 heteroatoms. The van der Waals surface area contributed by atoms with E-state index < -0.39 is 24.5 Å². The summed E-state index contributed by atoms with van der Waals surface area (Å²) < 4.78 is 6.85. The number of amides is 2. The molecule has 1 aromatic heterocycles. The van der Waals surface area contributed by atoms with E-state index in [-0.39, 0.29) is 34.9 Å². The Morgan fingerprint density at radius 1 is 1.18 bits per heavy atom. The van der Waals surface area contributed by atoms with Crippen LogP contribution in [0, 0.1) is 0 Å². The highest BCUT2D eigenvalue weighted by Gasteiger charge is 2.24. The van der Waals surface area contributed by atoms with Crippen molar-refractivity contribution in [1.29, 1.82) is 0 Å². The Kier molecular flexibility index (Phi) is 10.5. The van der Waals surface area contributed by atoms with Gasteiger partial charge in [-0.1, -0.05) is 47.6 Å². The van der Waals surface area contributed by atoms with Gasteiger partial charge in [0.1, 0.15) is 6.04 Å². The first kappa shape index (κ1) is 28.9. The number of anilines is 1. The van der Waals surface area contributed by atoms with Crippen molar-refractivity contribution in [3.05, 3.63) is 83.2 Å². The van der Waals surface area contributed by atoms with E-state index in [0.29, 0.717) is 22.2 Å². The fraction of sp³-hybridized carbons (Fsp3) is 0.269. The summed E-state index contributed by atoms with van der Waals surface area (Å²) >= 11 is 7.24. The fourth-order valence-corrected chi connectivity index (χ4v) is 4.35. The maximum Gasteiger partial charge on any atom is 0.338 e. The Bertz CT molecular complexity index is 1310. The number of rotatable bonds is 12. The average Bonchev–Trinajstić information content (AvgIpc) is 3.28. The van der Waals surface area contributed by atoms with E-state index in [1.165, 1.54) is 0 Å². The first-order valence-corrected chi connectivity index (χ1v) is 13.0. The van der Waals surface area contributed by atoms with Crippen LogP contribution >= 0.6 is 23.4 Å². The number of thioether (sulfide) groups is 1. The molecule has 3 N–H and O–H groups in total. The number of esters is 1. The van der Waals surface area contributed by atoms with E-state index in [1.54, 1.807) is 73.0 Å². The molecule has 1 atom stereocenters. The molecule has 38 heavy (non-hydrogen) atoms. The second kappa shape index (κ2) is 13.8. The van der Waals surface area contributed by atoms with Crippen LogP contribution in [0.5, 0.6) is 0 Å². The van der Waals surface area contributed by atoms with Gasteiger partial charge < -0.3 is 25.0 Å². The highest BCUT2D eigenvalue weighted by molar-refractivity contribution is 7.99. The molecular formula is C26H28ClN5O5S. The minimum atomic E-state index is -0.872. The SMILES string of the molecule is C=CCn1c(SCC(=O)Nc2cccc(C(=O)OC(C)C)c2)nnc1[C@@H](CO)NC(=O)c1ccccc1Cl. The van der Waals surface area contributed by atoms with Crippen LogP contribution < -0.4 is 10.6 Å². The number of carbonyl (C=O) groups excluding carboxylic acids is 3. The highest BCUT2D eigenvalue weighted by atomic mass is 35.5. The predicted molar refractivity (Wildman–Crippen MR) is 145 cm³/mol. The summed E-state index contributed by atoms with van der Waals surface area (Å²) in [6, 6.07) is 12.2. The third kappa shape index (κ3) is 7.67. The number of halogens is 1. The Morgan fingerprint density at radius 3 is 2.63 bits per heavy atom. The van der Waals surface area contributed by atoms with Crippen molar-refractivity contribution < 1.29 is 24.2 Å². The standard InChI is InChI=1S/C26H28ClN5O5S/c1-4-12-32-23(21(14-33)29-24(35)19-10-5-6-11-20(19)27)30-31-26(32)38-15-22(34)28-18-9-7-8-17(13-18)25(36)37-16(2)3/h4-11,13,16,21,33H,1,12,14-15H2,2-3H3,(H,28,34)(H,29,35)/t21-/m1/s1. The van der Waals surface area contributed by atoms with Crippen molar-refractivity contribution in [2.75, 3.05) is 17.7 Å². The zero-order valence-corrected chi connectivity index (χ0v) is 22.5. The van der Waals surface area contributed by atoms with E-state index in [0.717, 1.165) is 11.8 Å². The third-order valence-corrected chi connectivity index (χ3v) is 6.33. The lowest BCUT2D eigenvalue weighted by atomic mass is 10.2. The number of aliphatic hydroxyl groups excluding tert-OH is 1. The molecule has 0 aliphatic rings. The van der Waals surface area contributed by atoms with Crippen molar-refractivity contribution in [1.82, 2.24) is 20.1 Å². The van der Waals surface area contributed by atoms with Gasteiger partial charge in [0, 0.05) is 12.2 Å². The van der Waals surface area contributed by atoms with Crippen molar-refractivity contribution in [3.63, 3.8) is 0 Å². The Morgan fingerprint density at radius 2 is 1.95 bits per heavy atom. The predicted octanol–water partition coefficient (Wildman–Crippen LogP) is 3.88. The molecule has 0 saturated carbocycles. The minimum absolute atomic E-state index is 0.00822. The number of allylic oxidation sites excluding steroid dienone is 1. The number of aromatic nitrogens is 3. The topological polar surface area (TPSA) is 135 Å². The molecule has 0 spiro atoms. The maximum atomic E-state index is 12.7. The van der Waals surface area contributed by atoms with Gasteiger partial charge in [-0.2, -0.15) is 0 Å². The van der Waals surface area contributed by atoms with Gasteiger partial charge in [0.15, 0.2) is 11.0 Å². The normalized spacial score (nSPS) is 11.6. The van der Waals surface area contributed by atoms with E-state index in [2.05, 4.69) is 27.4 Å². The van der Waals surface area contributed by atoms with Crippen LogP contribution in [0.1, 0.15) is 46.4 Å². The Hall–Kier alpha value is -3.67. The molecular weight excluding hydrogens is 530 g/mol. The summed E-state index contributed by atoms with van der Waals surface area (Å²) in [6.07, 6.45) is 1.35. The lowest BCUT2D eigenvalue weighted by molar-refractivity contribution is -0.113. The van der Waals surface area contributed by atoms with E-state index >= 15 is 0 Å². The van der Waals surface area contributed by atoms with Crippen LogP contribution in [-0.2, 0) is 16.1 Å². The average molecular weight is 558 g/mol. The van der Waals surface area contributed by atoms with Gasteiger partial charge in [-0.05, 0) is 44.2 Å². The molecule has 0 saturated heterocycles. The molecule has 3 rings (SSSR count). The second-order valence-electron chi connectivity index (χ2n) is 8.30. The number of nitrogens with one attached hydrogen (secondary N) is 2. The summed E-state index contributed by atoms with van der Waals surface area (Å²) in [4.78, 5) is 37.5. The molecule has 3 aromatic rings. The fourth-order valence-electron chi connectivity index (χ4n) is 3.37. The lowest BCUT2D eigenvalue weighted by Crippen LogP contribution is -2.33.